The summed E-state index contributed by atoms with van der Waals surface area (Å²) in [5, 5.41) is 6.39. The zero-order valence-electron chi connectivity index (χ0n) is 16.6. The van der Waals surface area contributed by atoms with Crippen LogP contribution in [0.4, 0.5) is 17.2 Å². The number of nitrogens with zero attached hydrogens (tertiary/aromatic N) is 1. The highest BCUT2D eigenvalue weighted by Crippen LogP contribution is 2.65. The van der Waals surface area contributed by atoms with Crippen molar-refractivity contribution in [3.63, 3.8) is 0 Å². The molecule has 0 radical (unpaired) electrons. The molecule has 4 rings (SSSR count). The van der Waals surface area contributed by atoms with Crippen LogP contribution < -0.4 is 16.4 Å². The van der Waals surface area contributed by atoms with Crippen LogP contribution in [0.5, 0.6) is 0 Å². The van der Waals surface area contributed by atoms with E-state index in [1.54, 1.807) is 36.4 Å². The summed E-state index contributed by atoms with van der Waals surface area (Å²) in [4.78, 5) is 29.6. The summed E-state index contributed by atoms with van der Waals surface area (Å²) >= 11 is 31.1. The third-order valence-corrected chi connectivity index (χ3v) is 6.79. The van der Waals surface area contributed by atoms with Gasteiger partial charge in [0.15, 0.2) is 0 Å². The number of pyridine rings is 1. The predicted molar refractivity (Wildman–Crippen MR) is 134 cm³/mol. The number of rotatable bonds is 5. The number of amides is 2. The number of benzene rings is 2. The molecule has 0 saturated heterocycles. The maximum atomic E-state index is 12.9. The van der Waals surface area contributed by atoms with Crippen molar-refractivity contribution in [2.45, 2.75) is 10.3 Å². The van der Waals surface area contributed by atoms with Gasteiger partial charge in [-0.3, -0.25) is 9.59 Å². The van der Waals surface area contributed by atoms with Crippen molar-refractivity contribution < 1.29 is 9.59 Å². The summed E-state index contributed by atoms with van der Waals surface area (Å²) in [5.74, 6) is -1.87. The summed E-state index contributed by atoms with van der Waals surface area (Å²) in [6, 6.07) is 12.6. The molecule has 170 valence electrons. The second kappa shape index (κ2) is 9.20. The van der Waals surface area contributed by atoms with Crippen LogP contribution >= 0.6 is 58.0 Å². The van der Waals surface area contributed by atoms with Crippen LogP contribution in [0.3, 0.4) is 0 Å². The van der Waals surface area contributed by atoms with Crippen LogP contribution in [0.25, 0.3) is 0 Å². The fraction of sp³-hybridized carbons (Fsp3) is 0.136. The lowest BCUT2D eigenvalue weighted by molar-refractivity contribution is -0.117. The molecule has 2 unspecified atom stereocenters. The number of aromatic nitrogens is 1. The van der Waals surface area contributed by atoms with E-state index in [9.17, 15) is 9.59 Å². The molecule has 2 atom stereocenters. The molecule has 11 heteroatoms. The van der Waals surface area contributed by atoms with Crippen molar-refractivity contribution in [2.75, 3.05) is 16.4 Å². The number of nitrogens with one attached hydrogen (secondary N) is 2. The van der Waals surface area contributed by atoms with Gasteiger partial charge in [0.05, 0.1) is 28.4 Å². The van der Waals surface area contributed by atoms with Gasteiger partial charge in [0.25, 0.3) is 5.91 Å². The maximum absolute atomic E-state index is 12.9. The van der Waals surface area contributed by atoms with Crippen LogP contribution in [0.2, 0.25) is 15.1 Å². The van der Waals surface area contributed by atoms with Crippen molar-refractivity contribution in [2.24, 2.45) is 5.92 Å². The first kappa shape index (κ1) is 23.9. The second-order valence-corrected chi connectivity index (χ2v) is 10.2. The zero-order chi connectivity index (χ0) is 23.9. The molecular weight excluding hydrogens is 530 g/mol. The first-order valence-electron chi connectivity index (χ1n) is 9.53. The van der Waals surface area contributed by atoms with Crippen molar-refractivity contribution in [1.29, 1.82) is 0 Å². The molecule has 1 aliphatic carbocycles. The van der Waals surface area contributed by atoms with Gasteiger partial charge in [-0.15, -0.1) is 23.2 Å². The first-order valence-corrected chi connectivity index (χ1v) is 11.4. The van der Waals surface area contributed by atoms with E-state index in [1.807, 2.05) is 0 Å². The van der Waals surface area contributed by atoms with E-state index in [4.69, 9.17) is 63.7 Å². The predicted octanol–water partition coefficient (Wildman–Crippen LogP) is 6.40. The highest BCUT2D eigenvalue weighted by atomic mass is 35.5. The topological polar surface area (TPSA) is 97.1 Å². The third-order valence-electron chi connectivity index (χ3n) is 5.09. The number of carbonyl (C=O) groups is 2. The zero-order valence-corrected chi connectivity index (χ0v) is 20.4. The summed E-state index contributed by atoms with van der Waals surface area (Å²) in [7, 11) is 0. The molecule has 2 amide bonds. The molecule has 1 heterocycles. The number of halogens is 5. The number of nitrogens with two attached hydrogens (primary N) is 1. The van der Waals surface area contributed by atoms with E-state index in [0.717, 1.165) is 0 Å². The Morgan fingerprint density at radius 1 is 0.939 bits per heavy atom. The molecule has 1 fully saturated rings. The fourth-order valence-electron chi connectivity index (χ4n) is 3.48. The Bertz CT molecular complexity index is 1230. The van der Waals surface area contributed by atoms with E-state index >= 15 is 0 Å². The Kier molecular flexibility index (Phi) is 6.67. The van der Waals surface area contributed by atoms with Gasteiger partial charge in [-0.25, -0.2) is 4.98 Å². The lowest BCUT2D eigenvalue weighted by Gasteiger charge is -2.10. The third kappa shape index (κ3) is 5.15. The number of hydrogen-bond donors (Lipinski definition) is 3. The van der Waals surface area contributed by atoms with E-state index in [2.05, 4.69) is 15.6 Å². The largest absolute Gasteiger partial charge is 0.397 e. The highest BCUT2D eigenvalue weighted by Gasteiger charge is 2.67. The Morgan fingerprint density at radius 2 is 1.64 bits per heavy atom. The molecule has 1 saturated carbocycles. The van der Waals surface area contributed by atoms with Crippen LogP contribution in [-0.2, 0) is 4.79 Å². The first-order chi connectivity index (χ1) is 15.6. The van der Waals surface area contributed by atoms with Gasteiger partial charge in [0, 0.05) is 21.7 Å². The summed E-state index contributed by atoms with van der Waals surface area (Å²) < 4.78 is -1.33. The molecule has 2 aromatic carbocycles. The minimum Gasteiger partial charge on any atom is -0.397 e. The number of alkyl halides is 2. The van der Waals surface area contributed by atoms with E-state index in [0.29, 0.717) is 32.8 Å². The van der Waals surface area contributed by atoms with Gasteiger partial charge in [0.1, 0.15) is 10.2 Å². The summed E-state index contributed by atoms with van der Waals surface area (Å²) in [5.41, 5.74) is 7.21. The minimum absolute atomic E-state index is 0.144. The van der Waals surface area contributed by atoms with Crippen molar-refractivity contribution in [1.82, 2.24) is 4.98 Å². The van der Waals surface area contributed by atoms with Crippen molar-refractivity contribution in [3.05, 3.63) is 80.9 Å². The normalized spacial score (nSPS) is 18.5. The lowest BCUT2D eigenvalue weighted by atomic mass is 10.1. The fourth-order valence-corrected chi connectivity index (χ4v) is 5.06. The van der Waals surface area contributed by atoms with Crippen LogP contribution in [0.15, 0.2) is 54.7 Å². The molecule has 33 heavy (non-hydrogen) atoms. The molecule has 0 aliphatic heterocycles. The average molecular weight is 545 g/mol. The molecule has 0 spiro atoms. The standard InChI is InChI=1S/C22H15Cl5N4O2/c23-11-5-10(6-12(24)7-11)18-19(22(18,26)27)21(33)30-14-2-3-16(25)15(8-14)20(32)31-17-4-1-13(28)9-29-17/h1-9,18-19H,28H2,(H,30,33)(H,29,31,32). The SMILES string of the molecule is Nc1ccc(NC(=O)c2cc(NC(=O)C3C(c4cc(Cl)cc(Cl)c4)C3(Cl)Cl)ccc2Cl)nc1. The van der Waals surface area contributed by atoms with Crippen LogP contribution in [0.1, 0.15) is 21.8 Å². The average Bonchev–Trinajstić information content (AvgIpc) is 3.32. The smallest absolute Gasteiger partial charge is 0.258 e. The van der Waals surface area contributed by atoms with E-state index < -0.39 is 28.0 Å². The molecule has 6 nitrogen and oxygen atoms in total. The van der Waals surface area contributed by atoms with Gasteiger partial charge in [-0.2, -0.15) is 0 Å². The van der Waals surface area contributed by atoms with Gasteiger partial charge < -0.3 is 16.4 Å². The lowest BCUT2D eigenvalue weighted by Crippen LogP contribution is -2.18. The molecule has 1 aromatic heterocycles. The molecule has 4 N–H and O–H groups in total. The van der Waals surface area contributed by atoms with Gasteiger partial charge in [-0.1, -0.05) is 34.8 Å². The maximum Gasteiger partial charge on any atom is 0.258 e. The Labute approximate surface area is 214 Å². The van der Waals surface area contributed by atoms with E-state index in [-0.39, 0.29) is 10.6 Å². The molecule has 1 aliphatic rings. The molecular formula is C22H15Cl5N4O2. The van der Waals surface area contributed by atoms with Gasteiger partial charge >= 0.3 is 0 Å². The second-order valence-electron chi connectivity index (χ2n) is 7.45. The van der Waals surface area contributed by atoms with Crippen molar-refractivity contribution in [3.8, 4) is 0 Å². The number of hydrogen-bond acceptors (Lipinski definition) is 4. The molecule has 0 bridgehead atoms. The number of carbonyl (C=O) groups excluding carboxylic acids is 2. The van der Waals surface area contributed by atoms with Crippen LogP contribution in [0, 0.1) is 5.92 Å². The molecule has 3 aromatic rings. The van der Waals surface area contributed by atoms with Crippen LogP contribution in [-0.4, -0.2) is 21.1 Å². The van der Waals surface area contributed by atoms with Gasteiger partial charge in [-0.05, 0) is 54.1 Å². The quantitative estimate of drug-likeness (QED) is 0.324. The Hall–Kier alpha value is -2.22. The Balaban J connectivity index is 1.50. The van der Waals surface area contributed by atoms with Crippen molar-refractivity contribution >= 4 is 87.0 Å². The summed E-state index contributed by atoms with van der Waals surface area (Å²) in [6.07, 6.45) is 1.41. The monoisotopic (exact) mass is 542 g/mol. The summed E-state index contributed by atoms with van der Waals surface area (Å²) in [6.45, 7) is 0. The highest BCUT2D eigenvalue weighted by molar-refractivity contribution is 6.53. The van der Waals surface area contributed by atoms with E-state index in [1.165, 1.54) is 18.3 Å². The van der Waals surface area contributed by atoms with Gasteiger partial charge in [0.2, 0.25) is 5.91 Å². The number of anilines is 3. The Morgan fingerprint density at radius 3 is 2.27 bits per heavy atom. The number of nitrogen functional groups attached to an aromatic ring is 1. The minimum atomic E-state index is -1.33.